The van der Waals surface area contributed by atoms with Crippen LogP contribution in [-0.4, -0.2) is 15.0 Å². The first kappa shape index (κ1) is 33.3. The van der Waals surface area contributed by atoms with Crippen LogP contribution in [0.5, 0.6) is 0 Å². The zero-order chi connectivity index (χ0) is 37.3. The molecule has 6 aromatic carbocycles. The Bertz CT molecular complexity index is 2930. The Hall–Kier alpha value is -7.23. The molecule has 2 heterocycles. The normalized spacial score (nSPS) is 13.6. The number of aromatic nitrogens is 3. The summed E-state index contributed by atoms with van der Waals surface area (Å²) < 4.78 is 0. The quantitative estimate of drug-likeness (QED) is 0.172. The monoisotopic (exact) mass is 715 g/mol. The van der Waals surface area contributed by atoms with Gasteiger partial charge in [0.05, 0.1) is 11.4 Å². The van der Waals surface area contributed by atoms with Crippen LogP contribution in [0.1, 0.15) is 28.9 Å². The van der Waals surface area contributed by atoms with Gasteiger partial charge in [-0.1, -0.05) is 170 Å². The second-order valence-electron chi connectivity index (χ2n) is 14.3. The van der Waals surface area contributed by atoms with Crippen molar-refractivity contribution in [3.63, 3.8) is 0 Å². The predicted molar refractivity (Wildman–Crippen MR) is 235 cm³/mol. The first-order chi connectivity index (χ1) is 27.8. The van der Waals surface area contributed by atoms with Gasteiger partial charge in [-0.25, -0.2) is 9.97 Å². The summed E-state index contributed by atoms with van der Waals surface area (Å²) >= 11 is 0. The van der Waals surface area contributed by atoms with Gasteiger partial charge in [0.15, 0.2) is 5.82 Å². The SMILES string of the molecule is C1=CCc2c(c(C3=CCC=CC(c4nc(-c5ccccc5)cc(-c5ccc(-c6cccnc6)cc5)n4)=C3)c3ccccc3c2-c2cccc3ccccc23)C=C1. The molecule has 0 bridgehead atoms. The van der Waals surface area contributed by atoms with Crippen LogP contribution in [0, 0.1) is 0 Å². The summed E-state index contributed by atoms with van der Waals surface area (Å²) in [7, 11) is 0. The van der Waals surface area contributed by atoms with E-state index in [1.165, 1.54) is 54.9 Å². The molecule has 2 aliphatic rings. The summed E-state index contributed by atoms with van der Waals surface area (Å²) in [5.41, 5.74) is 14.6. The molecular weight excluding hydrogens is 679 g/mol. The molecule has 0 amide bonds. The van der Waals surface area contributed by atoms with E-state index < -0.39 is 0 Å². The lowest BCUT2D eigenvalue weighted by Gasteiger charge is -2.22. The number of nitrogens with zero attached hydrogens (tertiary/aromatic N) is 3. The molecule has 0 atom stereocenters. The molecule has 3 nitrogen and oxygen atoms in total. The fourth-order valence-electron chi connectivity index (χ4n) is 8.21. The van der Waals surface area contributed by atoms with Crippen molar-refractivity contribution in [1.29, 1.82) is 0 Å². The second kappa shape index (κ2) is 14.5. The van der Waals surface area contributed by atoms with Crippen molar-refractivity contribution >= 4 is 38.8 Å². The average Bonchev–Trinajstić information content (AvgIpc) is 3.68. The van der Waals surface area contributed by atoms with Crippen LogP contribution in [0.2, 0.25) is 0 Å². The van der Waals surface area contributed by atoms with Crippen molar-refractivity contribution in [3.05, 3.63) is 217 Å². The number of rotatable bonds is 6. The van der Waals surface area contributed by atoms with E-state index in [0.29, 0.717) is 5.82 Å². The summed E-state index contributed by atoms with van der Waals surface area (Å²) in [5.74, 6) is 0.696. The van der Waals surface area contributed by atoms with E-state index in [9.17, 15) is 0 Å². The van der Waals surface area contributed by atoms with Crippen LogP contribution in [0.15, 0.2) is 194 Å². The predicted octanol–water partition coefficient (Wildman–Crippen LogP) is 13.4. The van der Waals surface area contributed by atoms with Crippen molar-refractivity contribution in [3.8, 4) is 44.8 Å². The molecule has 0 N–H and O–H groups in total. The standard InChI is InChI=1S/C53H37N3/c1-3-16-38(17-4-1)49-34-50(39-30-28-36(29-31-39)42-21-14-32-54-35-42)56-53(55-49)41-19-8-7-18-40(33-41)51-45-23-5-2-6-24-47(45)52(48-26-12-11-25-46(48)51)44-27-13-20-37-15-9-10-22-43(37)44/h1-6,8-23,25-35H,7,24H2. The largest absolute Gasteiger partial charge is 0.264 e. The zero-order valence-electron chi connectivity index (χ0n) is 30.8. The highest BCUT2D eigenvalue weighted by molar-refractivity contribution is 6.13. The molecule has 2 aliphatic carbocycles. The minimum Gasteiger partial charge on any atom is -0.264 e. The second-order valence-corrected chi connectivity index (χ2v) is 14.3. The molecule has 3 heteroatoms. The lowest BCUT2D eigenvalue weighted by molar-refractivity contribution is 1.13. The van der Waals surface area contributed by atoms with E-state index in [1.54, 1.807) is 6.20 Å². The Morgan fingerprint density at radius 2 is 1.20 bits per heavy atom. The minimum atomic E-state index is 0.696. The number of benzene rings is 6. The van der Waals surface area contributed by atoms with Gasteiger partial charge in [0, 0.05) is 29.1 Å². The first-order valence-electron chi connectivity index (χ1n) is 19.2. The molecule has 264 valence electrons. The van der Waals surface area contributed by atoms with E-state index in [4.69, 9.17) is 9.97 Å². The summed E-state index contributed by atoms with van der Waals surface area (Å²) in [6.07, 6.45) is 23.4. The Morgan fingerprint density at radius 3 is 2.00 bits per heavy atom. The maximum absolute atomic E-state index is 5.28. The third-order valence-electron chi connectivity index (χ3n) is 10.9. The van der Waals surface area contributed by atoms with Crippen molar-refractivity contribution in [2.75, 3.05) is 0 Å². The van der Waals surface area contributed by atoms with Gasteiger partial charge in [-0.05, 0) is 97.1 Å². The van der Waals surface area contributed by atoms with E-state index >= 15 is 0 Å². The van der Waals surface area contributed by atoms with E-state index in [1.807, 2.05) is 18.3 Å². The zero-order valence-corrected chi connectivity index (χ0v) is 30.8. The number of pyridine rings is 1. The lowest BCUT2D eigenvalue weighted by atomic mass is 9.81. The maximum atomic E-state index is 5.28. The first-order valence-corrected chi connectivity index (χ1v) is 19.2. The van der Waals surface area contributed by atoms with E-state index in [-0.39, 0.29) is 0 Å². The molecule has 0 radical (unpaired) electrons. The van der Waals surface area contributed by atoms with E-state index in [0.717, 1.165) is 52.1 Å². The number of hydrogen-bond donors (Lipinski definition) is 0. The molecule has 0 saturated carbocycles. The molecular formula is C53H37N3. The fourth-order valence-corrected chi connectivity index (χ4v) is 8.21. The van der Waals surface area contributed by atoms with Gasteiger partial charge < -0.3 is 0 Å². The van der Waals surface area contributed by atoms with Crippen molar-refractivity contribution in [2.24, 2.45) is 0 Å². The smallest absolute Gasteiger partial charge is 0.160 e. The highest BCUT2D eigenvalue weighted by Gasteiger charge is 2.23. The maximum Gasteiger partial charge on any atom is 0.160 e. The van der Waals surface area contributed by atoms with Crippen LogP contribution >= 0.6 is 0 Å². The molecule has 2 aromatic heterocycles. The molecule has 0 aliphatic heterocycles. The summed E-state index contributed by atoms with van der Waals surface area (Å²) in [6.45, 7) is 0. The molecule has 10 rings (SSSR count). The molecule has 0 fully saturated rings. The van der Waals surface area contributed by atoms with Gasteiger partial charge in [0.1, 0.15) is 0 Å². The van der Waals surface area contributed by atoms with Gasteiger partial charge >= 0.3 is 0 Å². The summed E-state index contributed by atoms with van der Waals surface area (Å²) in [6, 6.07) is 49.5. The lowest BCUT2D eigenvalue weighted by Crippen LogP contribution is -2.02. The third kappa shape index (κ3) is 6.19. The molecule has 8 aromatic rings. The summed E-state index contributed by atoms with van der Waals surface area (Å²) in [5, 5.41) is 5.01. The van der Waals surface area contributed by atoms with Crippen LogP contribution < -0.4 is 0 Å². The van der Waals surface area contributed by atoms with Gasteiger partial charge in [-0.15, -0.1) is 0 Å². The topological polar surface area (TPSA) is 38.7 Å². The molecule has 0 unspecified atom stereocenters. The van der Waals surface area contributed by atoms with Gasteiger partial charge in [0.2, 0.25) is 0 Å². The van der Waals surface area contributed by atoms with Crippen molar-refractivity contribution < 1.29 is 0 Å². The Labute approximate surface area is 327 Å². The van der Waals surface area contributed by atoms with Gasteiger partial charge in [-0.3, -0.25) is 4.98 Å². The average molecular weight is 716 g/mol. The van der Waals surface area contributed by atoms with Gasteiger partial charge in [-0.2, -0.15) is 0 Å². The van der Waals surface area contributed by atoms with Crippen LogP contribution in [0.4, 0.5) is 0 Å². The highest BCUT2D eigenvalue weighted by Crippen LogP contribution is 2.45. The minimum absolute atomic E-state index is 0.696. The molecule has 56 heavy (non-hydrogen) atoms. The highest BCUT2D eigenvalue weighted by atomic mass is 14.9. The van der Waals surface area contributed by atoms with Gasteiger partial charge in [0.25, 0.3) is 0 Å². The number of allylic oxidation sites excluding steroid dienone is 9. The number of hydrogen-bond acceptors (Lipinski definition) is 3. The molecule has 0 spiro atoms. The molecule has 0 saturated heterocycles. The number of fused-ring (bicyclic) bond motifs is 3. The Balaban J connectivity index is 1.15. The Morgan fingerprint density at radius 1 is 0.500 bits per heavy atom. The summed E-state index contributed by atoms with van der Waals surface area (Å²) in [4.78, 5) is 14.8. The Kier molecular flexibility index (Phi) is 8.66. The van der Waals surface area contributed by atoms with E-state index in [2.05, 4.69) is 181 Å². The van der Waals surface area contributed by atoms with Crippen LogP contribution in [-0.2, 0) is 6.42 Å². The van der Waals surface area contributed by atoms with Crippen LogP contribution in [0.25, 0.3) is 83.5 Å². The third-order valence-corrected chi connectivity index (χ3v) is 10.9. The van der Waals surface area contributed by atoms with Crippen molar-refractivity contribution in [1.82, 2.24) is 15.0 Å². The van der Waals surface area contributed by atoms with Crippen LogP contribution in [0.3, 0.4) is 0 Å². The fraction of sp³-hybridized carbons (Fsp3) is 0.0377. The van der Waals surface area contributed by atoms with Crippen molar-refractivity contribution in [2.45, 2.75) is 12.8 Å².